The number of hydrogen-bond donors (Lipinski definition) is 1. The Bertz CT molecular complexity index is 542. The van der Waals surface area contributed by atoms with Crippen LogP contribution in [0.25, 0.3) is 0 Å². The molecule has 6 heteroatoms. The van der Waals surface area contributed by atoms with Crippen molar-refractivity contribution in [2.45, 2.75) is 32.2 Å². The molecule has 1 atom stereocenters. The molecule has 1 aromatic heterocycles. The van der Waals surface area contributed by atoms with E-state index < -0.39 is 0 Å². The van der Waals surface area contributed by atoms with Crippen molar-refractivity contribution in [2.75, 3.05) is 13.1 Å². The zero-order valence-electron chi connectivity index (χ0n) is 11.5. The van der Waals surface area contributed by atoms with E-state index in [0.717, 1.165) is 19.4 Å². The normalized spacial score (nSPS) is 22.1. The van der Waals surface area contributed by atoms with Gasteiger partial charge in [0.2, 0.25) is 5.91 Å². The van der Waals surface area contributed by atoms with Gasteiger partial charge in [0.1, 0.15) is 6.33 Å². The molecular weight excluding hydrogens is 256 g/mol. The molecule has 2 aliphatic rings. The maximum absolute atomic E-state index is 12.0. The smallest absolute Gasteiger partial charge is 0.254 e. The maximum atomic E-state index is 12.0. The topological polar surface area (TPSA) is 75.2 Å². The molecule has 1 N–H and O–H groups in total. The van der Waals surface area contributed by atoms with E-state index >= 15 is 0 Å². The van der Waals surface area contributed by atoms with Gasteiger partial charge in [-0.1, -0.05) is 0 Å². The van der Waals surface area contributed by atoms with E-state index in [1.54, 1.807) is 6.92 Å². The molecular formula is C14H18N4O2. The number of rotatable bonds is 4. The van der Waals surface area contributed by atoms with Gasteiger partial charge in [0.05, 0.1) is 11.3 Å². The summed E-state index contributed by atoms with van der Waals surface area (Å²) in [5.41, 5.74) is 1.16. The first kappa shape index (κ1) is 13.0. The molecule has 1 aromatic rings. The third kappa shape index (κ3) is 2.64. The summed E-state index contributed by atoms with van der Waals surface area (Å²) >= 11 is 0. The lowest BCUT2D eigenvalue weighted by Crippen LogP contribution is -2.32. The van der Waals surface area contributed by atoms with Gasteiger partial charge in [0.25, 0.3) is 5.91 Å². The van der Waals surface area contributed by atoms with Crippen LogP contribution in [0.3, 0.4) is 0 Å². The highest BCUT2D eigenvalue weighted by Crippen LogP contribution is 2.32. The Kier molecular flexibility index (Phi) is 3.38. The molecule has 0 bridgehead atoms. The second-order valence-corrected chi connectivity index (χ2v) is 5.58. The van der Waals surface area contributed by atoms with Gasteiger partial charge in [-0.05, 0) is 19.8 Å². The molecule has 1 unspecified atom stereocenters. The largest absolute Gasteiger partial charge is 0.352 e. The van der Waals surface area contributed by atoms with E-state index in [0.29, 0.717) is 30.3 Å². The Labute approximate surface area is 117 Å². The summed E-state index contributed by atoms with van der Waals surface area (Å²) in [5, 5.41) is 2.88. The number of aromatic nitrogens is 2. The monoisotopic (exact) mass is 274 g/mol. The van der Waals surface area contributed by atoms with Crippen LogP contribution in [0.4, 0.5) is 0 Å². The molecule has 1 aliphatic heterocycles. The Morgan fingerprint density at radius 3 is 3.00 bits per heavy atom. The van der Waals surface area contributed by atoms with Gasteiger partial charge in [0, 0.05) is 37.7 Å². The molecule has 3 rings (SSSR count). The Hall–Kier alpha value is -1.98. The fourth-order valence-electron chi connectivity index (χ4n) is 2.63. The van der Waals surface area contributed by atoms with E-state index in [-0.39, 0.29) is 17.7 Å². The molecule has 2 heterocycles. The van der Waals surface area contributed by atoms with E-state index in [2.05, 4.69) is 15.3 Å². The predicted molar refractivity (Wildman–Crippen MR) is 71.9 cm³/mol. The Morgan fingerprint density at radius 2 is 2.30 bits per heavy atom. The van der Waals surface area contributed by atoms with Crippen LogP contribution < -0.4 is 5.32 Å². The highest BCUT2D eigenvalue weighted by atomic mass is 16.2. The number of hydrogen-bond acceptors (Lipinski definition) is 4. The molecule has 106 valence electrons. The molecule has 2 fully saturated rings. The molecule has 0 aromatic carbocycles. The van der Waals surface area contributed by atoms with Crippen molar-refractivity contribution in [3.05, 3.63) is 23.8 Å². The van der Waals surface area contributed by atoms with Crippen LogP contribution in [-0.2, 0) is 4.79 Å². The fraction of sp³-hybridized carbons (Fsp3) is 0.571. The van der Waals surface area contributed by atoms with Crippen molar-refractivity contribution in [1.29, 1.82) is 0 Å². The van der Waals surface area contributed by atoms with Gasteiger partial charge in [0.15, 0.2) is 0 Å². The van der Waals surface area contributed by atoms with E-state index in [4.69, 9.17) is 0 Å². The number of carbonyl (C=O) groups is 2. The zero-order valence-corrected chi connectivity index (χ0v) is 11.5. The highest BCUT2D eigenvalue weighted by Gasteiger charge is 2.39. The second kappa shape index (κ2) is 5.19. The van der Waals surface area contributed by atoms with Crippen molar-refractivity contribution in [2.24, 2.45) is 5.92 Å². The zero-order chi connectivity index (χ0) is 14.1. The summed E-state index contributed by atoms with van der Waals surface area (Å²) in [4.78, 5) is 33.7. The summed E-state index contributed by atoms with van der Waals surface area (Å²) in [5.74, 6) is 0.281. The first-order chi connectivity index (χ1) is 9.65. The van der Waals surface area contributed by atoms with Crippen LogP contribution >= 0.6 is 0 Å². The van der Waals surface area contributed by atoms with Crippen molar-refractivity contribution >= 4 is 11.8 Å². The van der Waals surface area contributed by atoms with E-state index in [1.807, 2.05) is 4.90 Å². The van der Waals surface area contributed by atoms with Crippen LogP contribution in [0, 0.1) is 12.8 Å². The van der Waals surface area contributed by atoms with Crippen LogP contribution in [0.15, 0.2) is 12.5 Å². The molecule has 1 saturated carbocycles. The molecule has 2 amide bonds. The predicted octanol–water partition coefficient (Wildman–Crippen LogP) is 0.526. The maximum Gasteiger partial charge on any atom is 0.254 e. The van der Waals surface area contributed by atoms with E-state index in [1.165, 1.54) is 12.5 Å². The number of carbonyl (C=O) groups excluding carboxylic acids is 2. The number of likely N-dealkylation sites (tertiary alicyclic amines) is 1. The van der Waals surface area contributed by atoms with Gasteiger partial charge in [-0.15, -0.1) is 0 Å². The van der Waals surface area contributed by atoms with Crippen molar-refractivity contribution in [3.63, 3.8) is 0 Å². The van der Waals surface area contributed by atoms with Crippen molar-refractivity contribution in [1.82, 2.24) is 20.2 Å². The Morgan fingerprint density at radius 1 is 1.50 bits per heavy atom. The number of amides is 2. The summed E-state index contributed by atoms with van der Waals surface area (Å²) in [7, 11) is 0. The van der Waals surface area contributed by atoms with Crippen molar-refractivity contribution in [3.8, 4) is 0 Å². The summed E-state index contributed by atoms with van der Waals surface area (Å²) in [6.45, 7) is 3.08. The number of aryl methyl sites for hydroxylation is 1. The lowest BCUT2D eigenvalue weighted by Gasteiger charge is -2.15. The van der Waals surface area contributed by atoms with Crippen LogP contribution in [-0.4, -0.2) is 45.8 Å². The fourth-order valence-corrected chi connectivity index (χ4v) is 2.63. The van der Waals surface area contributed by atoms with Gasteiger partial charge in [-0.3, -0.25) is 9.59 Å². The summed E-state index contributed by atoms with van der Waals surface area (Å²) in [6, 6.07) is 0.466. The quantitative estimate of drug-likeness (QED) is 0.869. The summed E-state index contributed by atoms with van der Waals surface area (Å²) in [6.07, 6.45) is 5.75. The van der Waals surface area contributed by atoms with Crippen LogP contribution in [0.5, 0.6) is 0 Å². The van der Waals surface area contributed by atoms with Crippen LogP contribution in [0.2, 0.25) is 0 Å². The molecule has 1 saturated heterocycles. The second-order valence-electron chi connectivity index (χ2n) is 5.58. The third-order valence-corrected chi connectivity index (χ3v) is 3.93. The van der Waals surface area contributed by atoms with Gasteiger partial charge < -0.3 is 10.2 Å². The molecule has 20 heavy (non-hydrogen) atoms. The summed E-state index contributed by atoms with van der Waals surface area (Å²) < 4.78 is 0. The standard InChI is InChI=1S/C14H18N4O2/c1-9-12(6-15-8-17-9)14(20)16-5-10-4-13(19)18(7-10)11-2-3-11/h6,8,10-11H,2-5,7H2,1H3,(H,16,20). The SMILES string of the molecule is Cc1ncncc1C(=O)NCC1CC(=O)N(C2CC2)C1. The lowest BCUT2D eigenvalue weighted by molar-refractivity contribution is -0.128. The average Bonchev–Trinajstić information content (AvgIpc) is 3.20. The van der Waals surface area contributed by atoms with E-state index in [9.17, 15) is 9.59 Å². The molecule has 6 nitrogen and oxygen atoms in total. The van der Waals surface area contributed by atoms with Crippen molar-refractivity contribution < 1.29 is 9.59 Å². The molecule has 0 spiro atoms. The van der Waals surface area contributed by atoms with Gasteiger partial charge >= 0.3 is 0 Å². The molecule has 0 radical (unpaired) electrons. The number of nitrogens with one attached hydrogen (secondary N) is 1. The third-order valence-electron chi connectivity index (χ3n) is 3.93. The minimum absolute atomic E-state index is 0.166. The van der Waals surface area contributed by atoms with Gasteiger partial charge in [-0.25, -0.2) is 9.97 Å². The lowest BCUT2D eigenvalue weighted by atomic mass is 10.1. The first-order valence-electron chi connectivity index (χ1n) is 6.99. The first-order valence-corrected chi connectivity index (χ1v) is 6.99. The minimum atomic E-state index is -0.166. The highest BCUT2D eigenvalue weighted by molar-refractivity contribution is 5.94. The minimum Gasteiger partial charge on any atom is -0.352 e. The molecule has 1 aliphatic carbocycles. The van der Waals surface area contributed by atoms with Crippen LogP contribution in [0.1, 0.15) is 35.3 Å². The van der Waals surface area contributed by atoms with Gasteiger partial charge in [-0.2, -0.15) is 0 Å². The number of nitrogens with zero attached hydrogens (tertiary/aromatic N) is 3. The Balaban J connectivity index is 1.54. The average molecular weight is 274 g/mol.